The van der Waals surface area contributed by atoms with Gasteiger partial charge in [0.1, 0.15) is 17.5 Å². The molecular weight excluding hydrogens is 324 g/mol. The van der Waals surface area contributed by atoms with E-state index < -0.39 is 18.0 Å². The molecule has 126 valence electrons. The summed E-state index contributed by atoms with van der Waals surface area (Å²) in [6.45, 7) is 0. The van der Waals surface area contributed by atoms with Crippen LogP contribution in [-0.2, 0) is 4.79 Å². The minimum absolute atomic E-state index is 0.0942. The molecule has 1 aliphatic rings. The molecule has 3 aromatic rings. The van der Waals surface area contributed by atoms with Gasteiger partial charge in [0.15, 0.2) is 0 Å². The summed E-state index contributed by atoms with van der Waals surface area (Å²) in [6, 6.07) is 8.17. The zero-order valence-electron chi connectivity index (χ0n) is 13.2. The highest BCUT2D eigenvalue weighted by Gasteiger charge is 2.42. The van der Waals surface area contributed by atoms with Gasteiger partial charge in [0.25, 0.3) is 5.91 Å². The third kappa shape index (κ3) is 2.35. The smallest absolute Gasteiger partial charge is 0.329 e. The number of benzene rings is 2. The van der Waals surface area contributed by atoms with Crippen LogP contribution in [-0.4, -0.2) is 34.1 Å². The first-order valence-corrected chi connectivity index (χ1v) is 7.52. The predicted octanol–water partition coefficient (Wildman–Crippen LogP) is 2.07. The number of anilines is 1. The van der Waals surface area contributed by atoms with Crippen LogP contribution in [0.3, 0.4) is 0 Å². The number of rotatable bonds is 3. The number of nitrogens with one attached hydrogen (secondary N) is 2. The fourth-order valence-corrected chi connectivity index (χ4v) is 2.97. The average Bonchev–Trinajstić information content (AvgIpc) is 3.18. The summed E-state index contributed by atoms with van der Waals surface area (Å²) in [6.07, 6.45) is 1.55. The first-order valence-electron chi connectivity index (χ1n) is 7.52. The van der Waals surface area contributed by atoms with Crippen LogP contribution in [0.1, 0.15) is 11.6 Å². The Bertz CT molecular complexity index is 997. The monoisotopic (exact) mass is 338 g/mol. The maximum Gasteiger partial charge on any atom is 0.329 e. The van der Waals surface area contributed by atoms with E-state index in [-0.39, 0.29) is 11.3 Å². The Hall–Kier alpha value is -3.55. The first kappa shape index (κ1) is 15.0. The largest absolute Gasteiger partial charge is 0.508 e. The number of hydrogen-bond donors (Lipinski definition) is 3. The highest BCUT2D eigenvalue weighted by molar-refractivity contribution is 6.15. The molecule has 1 atom stereocenters. The molecule has 1 unspecified atom stereocenters. The van der Waals surface area contributed by atoms with Crippen LogP contribution < -0.4 is 15.0 Å². The summed E-state index contributed by atoms with van der Waals surface area (Å²) in [5, 5.41) is 12.5. The fraction of sp³-hybridized carbons (Fsp3) is 0.118. The minimum atomic E-state index is -0.997. The summed E-state index contributed by atoms with van der Waals surface area (Å²) >= 11 is 0. The van der Waals surface area contributed by atoms with Crippen molar-refractivity contribution in [3.63, 3.8) is 0 Å². The summed E-state index contributed by atoms with van der Waals surface area (Å²) in [4.78, 5) is 33.2. The number of imidazole rings is 1. The molecule has 1 fully saturated rings. The number of carbonyl (C=O) groups is 2. The lowest BCUT2D eigenvalue weighted by atomic mass is 10.0. The Labute approximate surface area is 142 Å². The zero-order chi connectivity index (χ0) is 17.6. The molecule has 0 bridgehead atoms. The Morgan fingerprint density at radius 3 is 2.84 bits per heavy atom. The number of aromatic hydroxyl groups is 1. The molecule has 2 heterocycles. The van der Waals surface area contributed by atoms with Crippen LogP contribution in [0.15, 0.2) is 42.7 Å². The van der Waals surface area contributed by atoms with Gasteiger partial charge in [0, 0.05) is 11.3 Å². The minimum Gasteiger partial charge on any atom is -0.508 e. The standard InChI is InChI=1S/C17H14N4O4/c1-25-10-3-5-14(22)11(7-10)15-16(23)20-17(24)21(15)9-2-4-12-13(6-9)19-8-18-12/h2-8,15,22H,1H3,(H,18,19)(H,20,23,24). The van der Waals surface area contributed by atoms with Gasteiger partial charge < -0.3 is 14.8 Å². The molecule has 0 aliphatic carbocycles. The van der Waals surface area contributed by atoms with E-state index in [1.807, 2.05) is 0 Å². The Balaban J connectivity index is 1.84. The number of phenolic OH excluding ortho intramolecular Hbond substituents is 1. The number of methoxy groups -OCH3 is 1. The molecule has 2 aromatic carbocycles. The van der Waals surface area contributed by atoms with E-state index in [1.54, 1.807) is 36.7 Å². The number of amides is 3. The maximum atomic E-state index is 12.4. The fourth-order valence-electron chi connectivity index (χ4n) is 2.97. The van der Waals surface area contributed by atoms with Gasteiger partial charge >= 0.3 is 6.03 Å². The van der Waals surface area contributed by atoms with Crippen LogP contribution >= 0.6 is 0 Å². The van der Waals surface area contributed by atoms with Crippen LogP contribution in [0, 0.1) is 0 Å². The lowest BCUT2D eigenvalue weighted by Crippen LogP contribution is -2.29. The van der Waals surface area contributed by atoms with Gasteiger partial charge in [0.05, 0.1) is 24.5 Å². The van der Waals surface area contributed by atoms with Gasteiger partial charge in [-0.1, -0.05) is 0 Å². The van der Waals surface area contributed by atoms with Gasteiger partial charge in [-0.05, 0) is 36.4 Å². The number of fused-ring (bicyclic) bond motifs is 1. The highest BCUT2D eigenvalue weighted by Crippen LogP contribution is 2.37. The number of hydrogen-bond acceptors (Lipinski definition) is 5. The number of aromatic nitrogens is 2. The van der Waals surface area contributed by atoms with E-state index in [2.05, 4.69) is 15.3 Å². The van der Waals surface area contributed by atoms with Gasteiger partial charge in [-0.15, -0.1) is 0 Å². The van der Waals surface area contributed by atoms with Crippen molar-refractivity contribution in [2.24, 2.45) is 0 Å². The van der Waals surface area contributed by atoms with Crippen molar-refractivity contribution in [3.8, 4) is 11.5 Å². The van der Waals surface area contributed by atoms with E-state index in [0.717, 1.165) is 11.0 Å². The summed E-state index contributed by atoms with van der Waals surface area (Å²) < 4.78 is 5.16. The van der Waals surface area contributed by atoms with E-state index >= 15 is 0 Å². The number of carbonyl (C=O) groups excluding carboxylic acids is 2. The molecule has 3 N–H and O–H groups in total. The molecule has 3 amide bonds. The second-order valence-electron chi connectivity index (χ2n) is 5.60. The van der Waals surface area contributed by atoms with Gasteiger partial charge in [-0.2, -0.15) is 0 Å². The molecule has 1 aliphatic heterocycles. The predicted molar refractivity (Wildman–Crippen MR) is 89.5 cm³/mol. The van der Waals surface area contributed by atoms with E-state index in [0.29, 0.717) is 11.4 Å². The molecule has 8 heteroatoms. The maximum absolute atomic E-state index is 12.4. The molecule has 1 aromatic heterocycles. The van der Waals surface area contributed by atoms with Crippen LogP contribution in [0.25, 0.3) is 11.0 Å². The number of ether oxygens (including phenoxy) is 1. The van der Waals surface area contributed by atoms with Crippen molar-refractivity contribution in [3.05, 3.63) is 48.3 Å². The SMILES string of the molecule is COc1ccc(O)c(C2C(=O)NC(=O)N2c2ccc3nc[nH]c3c2)c1. The molecule has 4 rings (SSSR count). The molecule has 0 spiro atoms. The third-order valence-corrected chi connectivity index (χ3v) is 4.17. The van der Waals surface area contributed by atoms with Gasteiger partial charge in [0.2, 0.25) is 0 Å². The van der Waals surface area contributed by atoms with Crippen LogP contribution in [0.2, 0.25) is 0 Å². The molecule has 0 radical (unpaired) electrons. The molecular formula is C17H14N4O4. The second-order valence-corrected chi connectivity index (χ2v) is 5.60. The number of phenols is 1. The van der Waals surface area contributed by atoms with E-state index in [1.165, 1.54) is 18.1 Å². The second kappa shape index (κ2) is 5.52. The molecule has 25 heavy (non-hydrogen) atoms. The van der Waals surface area contributed by atoms with Crippen molar-refractivity contribution in [2.45, 2.75) is 6.04 Å². The van der Waals surface area contributed by atoms with E-state index in [9.17, 15) is 14.7 Å². The van der Waals surface area contributed by atoms with Crippen molar-refractivity contribution >= 4 is 28.7 Å². The summed E-state index contributed by atoms with van der Waals surface area (Å²) in [5.41, 5.74) is 2.27. The van der Waals surface area contributed by atoms with Crippen LogP contribution in [0.4, 0.5) is 10.5 Å². The van der Waals surface area contributed by atoms with Crippen molar-refractivity contribution in [1.82, 2.24) is 15.3 Å². The average molecular weight is 338 g/mol. The number of H-pyrrole nitrogens is 1. The quantitative estimate of drug-likeness (QED) is 0.634. The lowest BCUT2D eigenvalue weighted by Gasteiger charge is -2.23. The highest BCUT2D eigenvalue weighted by atomic mass is 16.5. The number of urea groups is 1. The topological polar surface area (TPSA) is 108 Å². The van der Waals surface area contributed by atoms with Gasteiger partial charge in [-0.3, -0.25) is 15.0 Å². The van der Waals surface area contributed by atoms with E-state index in [4.69, 9.17) is 4.74 Å². The third-order valence-electron chi connectivity index (χ3n) is 4.17. The number of imide groups is 1. The molecule has 1 saturated heterocycles. The Kier molecular flexibility index (Phi) is 3.31. The van der Waals surface area contributed by atoms with Gasteiger partial charge in [-0.25, -0.2) is 9.78 Å². The molecule has 8 nitrogen and oxygen atoms in total. The Morgan fingerprint density at radius 1 is 1.20 bits per heavy atom. The van der Waals surface area contributed by atoms with Crippen molar-refractivity contribution in [1.29, 1.82) is 0 Å². The summed E-state index contributed by atoms with van der Waals surface area (Å²) in [7, 11) is 1.49. The number of nitrogens with zero attached hydrogens (tertiary/aromatic N) is 2. The normalized spacial score (nSPS) is 17.2. The molecule has 0 saturated carbocycles. The zero-order valence-corrected chi connectivity index (χ0v) is 13.2. The van der Waals surface area contributed by atoms with Crippen molar-refractivity contribution < 1.29 is 19.4 Å². The first-order chi connectivity index (χ1) is 12.1. The number of aromatic amines is 1. The van der Waals surface area contributed by atoms with Crippen LogP contribution in [0.5, 0.6) is 11.5 Å². The van der Waals surface area contributed by atoms with Crippen molar-refractivity contribution in [2.75, 3.05) is 12.0 Å². The lowest BCUT2D eigenvalue weighted by molar-refractivity contribution is -0.120. The Morgan fingerprint density at radius 2 is 2.04 bits per heavy atom. The summed E-state index contributed by atoms with van der Waals surface area (Å²) in [5.74, 6) is -0.134.